The van der Waals surface area contributed by atoms with Gasteiger partial charge >= 0.3 is 6.09 Å². The minimum absolute atomic E-state index is 0.0271. The molecule has 1 N–H and O–H groups in total. The standard InChI is InChI=1S/C36H49F2N3O6/c1-20-11-10-13-23-12-8-9-16-36(37,38)26-17-24-14-15-25(45-7)18-27(24)39-32(26)46-28-19-41(29(21(28)2)22(3)42)33(43)31(35(4,5)6)40-34(44)47-30(20)23/h14-15,17-18,20-21,23,28-31H,8-13,16,19H2,1-7H3,(H,40,44)/t20-,21-,23-,28+,29+,30-,31-/m1/s1. The van der Waals surface area contributed by atoms with Crippen LogP contribution in [0.15, 0.2) is 24.3 Å². The number of rotatable bonds is 2. The van der Waals surface area contributed by atoms with Crippen molar-refractivity contribution in [2.24, 2.45) is 23.2 Å². The predicted molar refractivity (Wildman–Crippen MR) is 174 cm³/mol. The van der Waals surface area contributed by atoms with Crippen molar-refractivity contribution in [2.75, 3.05) is 13.7 Å². The first kappa shape index (κ1) is 34.8. The summed E-state index contributed by atoms with van der Waals surface area (Å²) in [6, 6.07) is 4.59. The molecule has 11 heteroatoms. The number of alkyl carbamates (subject to hydrolysis) is 1. The van der Waals surface area contributed by atoms with Crippen LogP contribution in [0.3, 0.4) is 0 Å². The number of pyridine rings is 1. The highest BCUT2D eigenvalue weighted by Gasteiger charge is 2.50. The topological polar surface area (TPSA) is 107 Å². The molecule has 1 saturated carbocycles. The van der Waals surface area contributed by atoms with Crippen LogP contribution in [0.1, 0.15) is 92.1 Å². The van der Waals surface area contributed by atoms with Crippen LogP contribution in [-0.4, -0.2) is 65.6 Å². The zero-order valence-electron chi connectivity index (χ0n) is 28.6. The number of nitrogens with zero attached hydrogens (tertiary/aromatic N) is 2. The van der Waals surface area contributed by atoms with Gasteiger partial charge in [0.25, 0.3) is 5.92 Å². The molecule has 3 aliphatic rings. The fourth-order valence-electron chi connectivity index (χ4n) is 7.67. The summed E-state index contributed by atoms with van der Waals surface area (Å²) in [7, 11) is 1.52. The lowest BCUT2D eigenvalue weighted by atomic mass is 9.77. The fraction of sp³-hybridized carbons (Fsp3) is 0.667. The van der Waals surface area contributed by atoms with Crippen molar-refractivity contribution < 1.29 is 37.4 Å². The molecule has 1 aromatic carbocycles. The van der Waals surface area contributed by atoms with Crippen molar-refractivity contribution in [2.45, 2.75) is 117 Å². The third-order valence-corrected chi connectivity index (χ3v) is 10.3. The van der Waals surface area contributed by atoms with Crippen LogP contribution in [-0.2, 0) is 20.2 Å². The van der Waals surface area contributed by atoms with Gasteiger partial charge in [0.1, 0.15) is 24.0 Å². The van der Waals surface area contributed by atoms with E-state index in [0.29, 0.717) is 29.5 Å². The number of ketones is 1. The number of fused-ring (bicyclic) bond motifs is 5. The van der Waals surface area contributed by atoms with Crippen LogP contribution in [0.4, 0.5) is 13.6 Å². The number of carbonyl (C=O) groups excluding carboxylic acids is 3. The van der Waals surface area contributed by atoms with Gasteiger partial charge in [-0.1, -0.05) is 47.5 Å². The minimum Gasteiger partial charge on any atom is -0.497 e. The molecular weight excluding hydrogens is 608 g/mol. The lowest BCUT2D eigenvalue weighted by Crippen LogP contribution is -2.57. The lowest BCUT2D eigenvalue weighted by Gasteiger charge is -2.38. The van der Waals surface area contributed by atoms with Gasteiger partial charge in [0.2, 0.25) is 11.8 Å². The number of ether oxygens (including phenoxy) is 3. The minimum atomic E-state index is -3.26. The number of alkyl halides is 2. The van der Waals surface area contributed by atoms with Gasteiger partial charge < -0.3 is 24.4 Å². The number of hydrogen-bond acceptors (Lipinski definition) is 7. The van der Waals surface area contributed by atoms with E-state index in [1.54, 1.807) is 25.1 Å². The van der Waals surface area contributed by atoms with Crippen molar-refractivity contribution in [3.8, 4) is 11.6 Å². The molecule has 1 aliphatic carbocycles. The Bertz CT molecular complexity index is 1490. The van der Waals surface area contributed by atoms with Crippen molar-refractivity contribution in [3.63, 3.8) is 0 Å². The zero-order valence-corrected chi connectivity index (χ0v) is 28.6. The second-order valence-corrected chi connectivity index (χ2v) is 14.9. The van der Waals surface area contributed by atoms with Crippen molar-refractivity contribution in [1.29, 1.82) is 0 Å². The van der Waals surface area contributed by atoms with E-state index in [1.807, 2.05) is 27.7 Å². The summed E-state index contributed by atoms with van der Waals surface area (Å²) in [5.74, 6) is -4.10. The Labute approximate surface area is 276 Å². The Kier molecular flexibility index (Phi) is 10.0. The Morgan fingerprint density at radius 2 is 1.79 bits per heavy atom. The van der Waals surface area contributed by atoms with E-state index in [9.17, 15) is 14.4 Å². The quantitative estimate of drug-likeness (QED) is 0.369. The van der Waals surface area contributed by atoms with Crippen molar-refractivity contribution in [3.05, 3.63) is 29.8 Å². The summed E-state index contributed by atoms with van der Waals surface area (Å²) >= 11 is 0. The number of aromatic nitrogens is 1. The second-order valence-electron chi connectivity index (χ2n) is 14.9. The Morgan fingerprint density at radius 1 is 1.06 bits per heavy atom. The van der Waals surface area contributed by atoms with Crippen LogP contribution in [0.25, 0.3) is 10.9 Å². The maximum atomic E-state index is 16.2. The van der Waals surface area contributed by atoms with Gasteiger partial charge in [-0.15, -0.1) is 0 Å². The zero-order chi connectivity index (χ0) is 34.3. The highest BCUT2D eigenvalue weighted by atomic mass is 19.3. The maximum absolute atomic E-state index is 16.2. The monoisotopic (exact) mass is 657 g/mol. The van der Waals surface area contributed by atoms with Crippen LogP contribution in [0.2, 0.25) is 0 Å². The summed E-state index contributed by atoms with van der Waals surface area (Å²) in [5, 5.41) is 3.37. The number of halogens is 2. The largest absolute Gasteiger partial charge is 0.497 e. The summed E-state index contributed by atoms with van der Waals surface area (Å²) in [6.45, 7) is 10.7. The Morgan fingerprint density at radius 3 is 2.47 bits per heavy atom. The lowest BCUT2D eigenvalue weighted by molar-refractivity contribution is -0.141. The molecule has 5 rings (SSSR count). The third kappa shape index (κ3) is 7.33. The molecule has 2 bridgehead atoms. The first-order valence-electron chi connectivity index (χ1n) is 16.9. The molecule has 9 nitrogen and oxygen atoms in total. The first-order valence-corrected chi connectivity index (χ1v) is 16.9. The SMILES string of the molecule is COc1ccc2cc3c(nc2c1)O[C@H]1CN(C(=O)[C@H](C(C)(C)C)NC(=O)O[C@H]2[C@H](CCCCC3(F)F)CCC[C@H]2C)[C@H](C(C)=O)[C@@H]1C. The van der Waals surface area contributed by atoms with Crippen molar-refractivity contribution in [1.82, 2.24) is 15.2 Å². The normalized spacial score (nSPS) is 30.6. The van der Waals surface area contributed by atoms with Crippen LogP contribution in [0, 0.1) is 23.2 Å². The number of nitrogens with one attached hydrogen (secondary N) is 1. The molecule has 258 valence electrons. The van der Waals surface area contributed by atoms with Crippen LogP contribution >= 0.6 is 0 Å². The molecule has 0 unspecified atom stereocenters. The summed E-state index contributed by atoms with van der Waals surface area (Å²) in [4.78, 5) is 46.8. The van der Waals surface area contributed by atoms with Gasteiger partial charge in [-0.3, -0.25) is 9.59 Å². The van der Waals surface area contributed by atoms with Gasteiger partial charge in [-0.2, -0.15) is 0 Å². The third-order valence-electron chi connectivity index (χ3n) is 10.3. The number of carbonyl (C=O) groups is 3. The smallest absolute Gasteiger partial charge is 0.408 e. The molecule has 47 heavy (non-hydrogen) atoms. The molecule has 2 amide bonds. The maximum Gasteiger partial charge on any atom is 0.408 e. The molecule has 2 aliphatic heterocycles. The molecule has 3 heterocycles. The van der Waals surface area contributed by atoms with E-state index in [1.165, 1.54) is 25.0 Å². The fourth-order valence-corrected chi connectivity index (χ4v) is 7.67. The van der Waals surface area contributed by atoms with Gasteiger partial charge in [0.05, 0.1) is 30.8 Å². The molecule has 1 aromatic heterocycles. The van der Waals surface area contributed by atoms with E-state index < -0.39 is 53.9 Å². The second kappa shape index (κ2) is 13.5. The van der Waals surface area contributed by atoms with E-state index in [0.717, 1.165) is 19.3 Å². The Hall–Kier alpha value is -3.50. The molecule has 2 fully saturated rings. The van der Waals surface area contributed by atoms with E-state index in [4.69, 9.17) is 14.2 Å². The van der Waals surface area contributed by atoms with Crippen molar-refractivity contribution >= 4 is 28.7 Å². The molecule has 0 spiro atoms. The van der Waals surface area contributed by atoms with E-state index in [-0.39, 0.29) is 48.1 Å². The number of benzene rings is 1. The molecule has 1 saturated heterocycles. The molecular formula is C36H49F2N3O6. The average molecular weight is 658 g/mol. The number of Topliss-reactive ketones (excluding diaryl/α,β-unsaturated/α-hetero) is 1. The number of hydrogen-bond donors (Lipinski definition) is 1. The summed E-state index contributed by atoms with van der Waals surface area (Å²) < 4.78 is 50.1. The molecule has 0 radical (unpaired) electrons. The molecule has 7 atom stereocenters. The summed E-state index contributed by atoms with van der Waals surface area (Å²) in [5.41, 5.74) is -0.623. The highest BCUT2D eigenvalue weighted by Crippen LogP contribution is 2.43. The average Bonchev–Trinajstić information content (AvgIpc) is 3.33. The van der Waals surface area contributed by atoms with E-state index in [2.05, 4.69) is 10.3 Å². The van der Waals surface area contributed by atoms with Gasteiger partial charge in [-0.05, 0) is 68.1 Å². The van der Waals surface area contributed by atoms with Gasteiger partial charge in [-0.25, -0.2) is 18.6 Å². The Balaban J connectivity index is 1.59. The highest BCUT2D eigenvalue weighted by molar-refractivity contribution is 5.92. The first-order chi connectivity index (χ1) is 22.1. The van der Waals surface area contributed by atoms with E-state index >= 15 is 8.78 Å². The van der Waals surface area contributed by atoms with Crippen LogP contribution < -0.4 is 14.8 Å². The van der Waals surface area contributed by atoms with Gasteiger partial charge in [0.15, 0.2) is 5.78 Å². The predicted octanol–water partition coefficient (Wildman–Crippen LogP) is 7.04. The van der Waals surface area contributed by atoms with Gasteiger partial charge in [0, 0.05) is 23.8 Å². The number of methoxy groups -OCH3 is 1. The summed E-state index contributed by atoms with van der Waals surface area (Å²) in [6.07, 6.45) is 1.86. The molecule has 2 aromatic rings. The van der Waals surface area contributed by atoms with Crippen LogP contribution in [0.5, 0.6) is 11.6 Å². The number of amides is 2.